The summed E-state index contributed by atoms with van der Waals surface area (Å²) in [6.45, 7) is 1.72. The number of aliphatic hydroxyl groups excluding tert-OH is 1. The van der Waals surface area contributed by atoms with E-state index in [1.165, 1.54) is 18.9 Å². The lowest BCUT2D eigenvalue weighted by atomic mass is 9.90. The first-order valence-corrected chi connectivity index (χ1v) is 6.29. The minimum absolute atomic E-state index is 0. The molecule has 2 rings (SSSR count). The molecule has 1 aliphatic carbocycles. The van der Waals surface area contributed by atoms with E-state index in [0.717, 1.165) is 18.4 Å². The number of benzene rings is 1. The molecule has 2 atom stereocenters. The first-order valence-electron chi connectivity index (χ1n) is 6.29. The third-order valence-electron chi connectivity index (χ3n) is 3.82. The van der Waals surface area contributed by atoms with E-state index in [4.69, 9.17) is 5.73 Å². The number of halogens is 2. The summed E-state index contributed by atoms with van der Waals surface area (Å²) in [4.78, 5) is 0. The largest absolute Gasteiger partial charge is 0.391 e. The van der Waals surface area contributed by atoms with Gasteiger partial charge in [0.1, 0.15) is 5.82 Å². The topological polar surface area (TPSA) is 46.2 Å². The molecular weight excluding hydrogens is 253 g/mol. The molecule has 1 fully saturated rings. The molecule has 1 aromatic rings. The van der Waals surface area contributed by atoms with Gasteiger partial charge in [-0.25, -0.2) is 4.39 Å². The Kier molecular flexibility index (Phi) is 5.57. The fourth-order valence-corrected chi connectivity index (χ4v) is 2.66. The fourth-order valence-electron chi connectivity index (χ4n) is 2.66. The third-order valence-corrected chi connectivity index (χ3v) is 3.82. The molecule has 2 nitrogen and oxygen atoms in total. The molecule has 3 N–H and O–H groups in total. The van der Waals surface area contributed by atoms with Crippen LogP contribution in [-0.4, -0.2) is 11.2 Å². The lowest BCUT2D eigenvalue weighted by Gasteiger charge is -2.24. The van der Waals surface area contributed by atoms with E-state index in [0.29, 0.717) is 11.5 Å². The minimum Gasteiger partial charge on any atom is -0.391 e. The number of nitrogens with two attached hydrogens (primary N) is 1. The second-order valence-corrected chi connectivity index (χ2v) is 5.07. The van der Waals surface area contributed by atoms with Crippen LogP contribution in [0, 0.1) is 18.7 Å². The van der Waals surface area contributed by atoms with Crippen LogP contribution in [-0.2, 0) is 0 Å². The molecule has 0 heterocycles. The average molecular weight is 274 g/mol. The summed E-state index contributed by atoms with van der Waals surface area (Å²) in [5.74, 6) is 0.0756. The molecule has 0 bridgehead atoms. The van der Waals surface area contributed by atoms with E-state index in [1.54, 1.807) is 19.1 Å². The maximum atomic E-state index is 13.2. The summed E-state index contributed by atoms with van der Waals surface area (Å²) in [7, 11) is 0. The Hall–Kier alpha value is -0.640. The van der Waals surface area contributed by atoms with Crippen LogP contribution < -0.4 is 5.73 Å². The second-order valence-electron chi connectivity index (χ2n) is 5.07. The van der Waals surface area contributed by atoms with Crippen LogP contribution in [0.2, 0.25) is 0 Å². The van der Waals surface area contributed by atoms with Gasteiger partial charge in [0.05, 0.1) is 12.1 Å². The Morgan fingerprint density at radius 2 is 1.94 bits per heavy atom. The van der Waals surface area contributed by atoms with Crippen molar-refractivity contribution < 1.29 is 9.50 Å². The number of rotatable bonds is 3. The van der Waals surface area contributed by atoms with Gasteiger partial charge in [0.2, 0.25) is 0 Å². The van der Waals surface area contributed by atoms with Crippen molar-refractivity contribution in [3.05, 3.63) is 35.1 Å². The predicted octanol–water partition coefficient (Wildman–Crippen LogP) is 3.11. The number of aliphatic hydroxyl groups is 1. The van der Waals surface area contributed by atoms with E-state index in [1.807, 2.05) is 0 Å². The zero-order valence-corrected chi connectivity index (χ0v) is 11.4. The summed E-state index contributed by atoms with van der Waals surface area (Å²) >= 11 is 0. The smallest absolute Gasteiger partial charge is 0.126 e. The molecule has 102 valence electrons. The zero-order valence-electron chi connectivity index (χ0n) is 10.6. The van der Waals surface area contributed by atoms with Crippen molar-refractivity contribution in [2.45, 2.75) is 44.8 Å². The van der Waals surface area contributed by atoms with Gasteiger partial charge < -0.3 is 10.8 Å². The second kappa shape index (κ2) is 6.50. The molecule has 18 heavy (non-hydrogen) atoms. The van der Waals surface area contributed by atoms with Crippen molar-refractivity contribution in [2.75, 3.05) is 0 Å². The van der Waals surface area contributed by atoms with Crippen LogP contribution in [0.1, 0.15) is 42.9 Å². The van der Waals surface area contributed by atoms with Gasteiger partial charge in [-0.05, 0) is 42.9 Å². The summed E-state index contributed by atoms with van der Waals surface area (Å²) in [5.41, 5.74) is 7.47. The molecule has 1 saturated carbocycles. The van der Waals surface area contributed by atoms with Crippen molar-refractivity contribution in [1.29, 1.82) is 0 Å². The number of aryl methyl sites for hydroxylation is 1. The quantitative estimate of drug-likeness (QED) is 0.889. The van der Waals surface area contributed by atoms with Crippen molar-refractivity contribution in [2.24, 2.45) is 11.7 Å². The molecule has 0 radical (unpaired) electrons. The van der Waals surface area contributed by atoms with E-state index in [2.05, 4.69) is 0 Å². The Morgan fingerprint density at radius 3 is 2.50 bits per heavy atom. The van der Waals surface area contributed by atoms with Gasteiger partial charge in [-0.15, -0.1) is 12.4 Å². The van der Waals surface area contributed by atoms with Gasteiger partial charge in [0.25, 0.3) is 0 Å². The van der Waals surface area contributed by atoms with Crippen LogP contribution in [0.25, 0.3) is 0 Å². The lowest BCUT2D eigenvalue weighted by Crippen LogP contribution is -2.32. The lowest BCUT2D eigenvalue weighted by molar-refractivity contribution is 0.0844. The molecule has 0 aromatic heterocycles. The number of hydrogen-bond donors (Lipinski definition) is 2. The standard InChI is InChI=1S/C14H20FNO.ClH/c1-9-8-11(6-7-12(9)15)13(16)14(17)10-4-2-3-5-10;/h6-8,10,13-14,17H,2-5,16H2,1H3;1H/t13-,14+;/m0./s1. The average Bonchev–Trinajstić information content (AvgIpc) is 2.84. The molecule has 0 aliphatic heterocycles. The minimum atomic E-state index is -0.512. The molecule has 0 amide bonds. The Morgan fingerprint density at radius 1 is 1.33 bits per heavy atom. The Labute approximate surface area is 114 Å². The molecular formula is C14H21ClFNO. The predicted molar refractivity (Wildman–Crippen MR) is 73.3 cm³/mol. The van der Waals surface area contributed by atoms with Crippen LogP contribution >= 0.6 is 12.4 Å². The van der Waals surface area contributed by atoms with Gasteiger partial charge in [-0.2, -0.15) is 0 Å². The normalized spacial score (nSPS) is 19.3. The van der Waals surface area contributed by atoms with Gasteiger partial charge in [-0.3, -0.25) is 0 Å². The highest BCUT2D eigenvalue weighted by molar-refractivity contribution is 5.85. The van der Waals surface area contributed by atoms with Crippen molar-refractivity contribution >= 4 is 12.4 Å². The van der Waals surface area contributed by atoms with Gasteiger partial charge in [-0.1, -0.05) is 25.0 Å². The van der Waals surface area contributed by atoms with Gasteiger partial charge in [0, 0.05) is 0 Å². The highest BCUT2D eigenvalue weighted by Gasteiger charge is 2.28. The maximum Gasteiger partial charge on any atom is 0.126 e. The number of hydrogen-bond acceptors (Lipinski definition) is 2. The van der Waals surface area contributed by atoms with Gasteiger partial charge >= 0.3 is 0 Å². The third kappa shape index (κ3) is 3.22. The molecule has 0 unspecified atom stereocenters. The summed E-state index contributed by atoms with van der Waals surface area (Å²) < 4.78 is 13.2. The van der Waals surface area contributed by atoms with E-state index in [9.17, 15) is 9.50 Å². The zero-order chi connectivity index (χ0) is 12.4. The van der Waals surface area contributed by atoms with E-state index >= 15 is 0 Å². The van der Waals surface area contributed by atoms with Crippen molar-refractivity contribution in [3.63, 3.8) is 0 Å². The Bertz CT molecular complexity index is 393. The SMILES string of the molecule is Cc1cc([C@H](N)[C@H](O)C2CCCC2)ccc1F.Cl. The monoisotopic (exact) mass is 273 g/mol. The van der Waals surface area contributed by atoms with Gasteiger partial charge in [0.15, 0.2) is 0 Å². The van der Waals surface area contributed by atoms with Crippen LogP contribution in [0.3, 0.4) is 0 Å². The summed E-state index contributed by atoms with van der Waals surface area (Å²) in [6.07, 6.45) is 3.94. The molecule has 4 heteroatoms. The van der Waals surface area contributed by atoms with Crippen molar-refractivity contribution in [1.82, 2.24) is 0 Å². The van der Waals surface area contributed by atoms with E-state index in [-0.39, 0.29) is 18.2 Å². The summed E-state index contributed by atoms with van der Waals surface area (Å²) in [5, 5.41) is 10.2. The van der Waals surface area contributed by atoms with Crippen LogP contribution in [0.4, 0.5) is 4.39 Å². The first kappa shape index (κ1) is 15.4. The first-order chi connectivity index (χ1) is 8.09. The maximum absolute atomic E-state index is 13.2. The van der Waals surface area contributed by atoms with Crippen molar-refractivity contribution in [3.8, 4) is 0 Å². The highest BCUT2D eigenvalue weighted by Crippen LogP contribution is 2.32. The van der Waals surface area contributed by atoms with Crippen LogP contribution in [0.15, 0.2) is 18.2 Å². The fraction of sp³-hybridized carbons (Fsp3) is 0.571. The molecule has 1 aromatic carbocycles. The van der Waals surface area contributed by atoms with Crippen LogP contribution in [0.5, 0.6) is 0 Å². The highest BCUT2D eigenvalue weighted by atomic mass is 35.5. The van der Waals surface area contributed by atoms with E-state index < -0.39 is 12.1 Å². The summed E-state index contributed by atoms with van der Waals surface area (Å²) in [6, 6.07) is 4.42. The molecule has 0 saturated heterocycles. The molecule has 1 aliphatic rings. The Balaban J connectivity index is 0.00000162. The molecule has 0 spiro atoms.